The first-order valence-corrected chi connectivity index (χ1v) is 9.96. The first-order valence-electron chi connectivity index (χ1n) is 8.06. The van der Waals surface area contributed by atoms with Gasteiger partial charge >= 0.3 is 0 Å². The van der Waals surface area contributed by atoms with Crippen molar-refractivity contribution in [1.29, 1.82) is 0 Å². The first-order chi connectivity index (χ1) is 10.7. The summed E-state index contributed by atoms with van der Waals surface area (Å²) in [5, 5.41) is 15.8. The standard InChI is InChI=1S/C16H28IN3OS/c1-3-5-13(9-11-21)12-20-16(18-4-2)19-10-8-14-6-7-15(17)22-14/h6-7,13,21H,3-5,8-12H2,1-2H3,(H2,18,19,20). The van der Waals surface area contributed by atoms with E-state index in [4.69, 9.17) is 5.11 Å². The van der Waals surface area contributed by atoms with Gasteiger partial charge in [-0.25, -0.2) is 0 Å². The molecule has 1 aromatic heterocycles. The highest BCUT2D eigenvalue weighted by molar-refractivity contribution is 14.1. The number of rotatable bonds is 10. The molecule has 1 unspecified atom stereocenters. The van der Waals surface area contributed by atoms with Crippen LogP contribution in [0.5, 0.6) is 0 Å². The summed E-state index contributed by atoms with van der Waals surface area (Å²) in [6.45, 7) is 7.04. The molecule has 4 nitrogen and oxygen atoms in total. The van der Waals surface area contributed by atoms with E-state index in [0.29, 0.717) is 5.92 Å². The molecule has 3 N–H and O–H groups in total. The zero-order valence-corrected chi connectivity index (χ0v) is 16.5. The van der Waals surface area contributed by atoms with Crippen molar-refractivity contribution in [3.63, 3.8) is 0 Å². The van der Waals surface area contributed by atoms with Gasteiger partial charge in [-0.2, -0.15) is 0 Å². The highest BCUT2D eigenvalue weighted by Crippen LogP contribution is 2.18. The first kappa shape index (κ1) is 19.7. The molecule has 0 aromatic carbocycles. The number of hydrogen-bond donors (Lipinski definition) is 3. The van der Waals surface area contributed by atoms with E-state index in [1.165, 1.54) is 7.76 Å². The maximum absolute atomic E-state index is 9.12. The third-order valence-corrected chi connectivity index (χ3v) is 5.33. The Balaban J connectivity index is 2.43. The summed E-state index contributed by atoms with van der Waals surface area (Å²) in [5.74, 6) is 1.36. The van der Waals surface area contributed by atoms with E-state index in [0.717, 1.165) is 51.3 Å². The fourth-order valence-electron chi connectivity index (χ4n) is 2.27. The van der Waals surface area contributed by atoms with E-state index in [1.807, 2.05) is 11.3 Å². The lowest BCUT2D eigenvalue weighted by atomic mass is 10.0. The lowest BCUT2D eigenvalue weighted by Crippen LogP contribution is -2.38. The van der Waals surface area contributed by atoms with Crippen LogP contribution in [0.3, 0.4) is 0 Å². The van der Waals surface area contributed by atoms with Crippen LogP contribution in [0, 0.1) is 8.80 Å². The van der Waals surface area contributed by atoms with Crippen molar-refractivity contribution in [2.24, 2.45) is 10.9 Å². The molecule has 0 saturated carbocycles. The van der Waals surface area contributed by atoms with Gasteiger partial charge in [0.25, 0.3) is 0 Å². The maximum Gasteiger partial charge on any atom is 0.191 e. The minimum absolute atomic E-state index is 0.251. The molecule has 0 aliphatic rings. The van der Waals surface area contributed by atoms with E-state index >= 15 is 0 Å². The average Bonchev–Trinajstić information content (AvgIpc) is 2.90. The Labute approximate surface area is 152 Å². The summed E-state index contributed by atoms with van der Waals surface area (Å²) < 4.78 is 1.33. The minimum Gasteiger partial charge on any atom is -0.396 e. The monoisotopic (exact) mass is 437 g/mol. The fourth-order valence-corrected chi connectivity index (χ4v) is 4.03. The quantitative estimate of drug-likeness (QED) is 0.299. The van der Waals surface area contributed by atoms with Gasteiger partial charge in [-0.15, -0.1) is 11.3 Å². The SMILES string of the molecule is CCCC(CCO)CN=C(NCC)NCCc1ccc(I)s1. The lowest BCUT2D eigenvalue weighted by Gasteiger charge is -2.15. The van der Waals surface area contributed by atoms with Crippen LogP contribution < -0.4 is 10.6 Å². The molecule has 0 amide bonds. The summed E-state index contributed by atoms with van der Waals surface area (Å²) in [4.78, 5) is 6.07. The number of halogens is 1. The van der Waals surface area contributed by atoms with Gasteiger partial charge < -0.3 is 15.7 Å². The lowest BCUT2D eigenvalue weighted by molar-refractivity contribution is 0.253. The van der Waals surface area contributed by atoms with Crippen molar-refractivity contribution < 1.29 is 5.11 Å². The molecule has 6 heteroatoms. The second-order valence-corrected chi connectivity index (χ2v) is 8.33. The van der Waals surface area contributed by atoms with Crippen molar-refractivity contribution >= 4 is 39.9 Å². The van der Waals surface area contributed by atoms with Crippen LogP contribution in [0.1, 0.15) is 38.0 Å². The number of hydrogen-bond acceptors (Lipinski definition) is 3. The molecule has 0 spiro atoms. The van der Waals surface area contributed by atoms with Gasteiger partial charge in [0.1, 0.15) is 0 Å². The van der Waals surface area contributed by atoms with Crippen LogP contribution in [-0.2, 0) is 6.42 Å². The molecule has 126 valence electrons. The van der Waals surface area contributed by atoms with Crippen molar-refractivity contribution in [2.45, 2.75) is 39.5 Å². The highest BCUT2D eigenvalue weighted by Gasteiger charge is 2.07. The van der Waals surface area contributed by atoms with Gasteiger partial charge in [0.15, 0.2) is 5.96 Å². The molecule has 0 aliphatic heterocycles. The van der Waals surface area contributed by atoms with Gasteiger partial charge in [-0.1, -0.05) is 13.3 Å². The molecule has 22 heavy (non-hydrogen) atoms. The topological polar surface area (TPSA) is 56.7 Å². The zero-order chi connectivity index (χ0) is 16.2. The van der Waals surface area contributed by atoms with Gasteiger partial charge in [0, 0.05) is 31.1 Å². The number of aliphatic hydroxyl groups excluding tert-OH is 1. The molecule has 1 rings (SSSR count). The molecule has 0 bridgehead atoms. The van der Waals surface area contributed by atoms with Crippen molar-refractivity contribution in [1.82, 2.24) is 10.6 Å². The van der Waals surface area contributed by atoms with E-state index < -0.39 is 0 Å². The number of thiophene rings is 1. The summed E-state index contributed by atoms with van der Waals surface area (Å²) in [7, 11) is 0. The largest absolute Gasteiger partial charge is 0.396 e. The minimum atomic E-state index is 0.251. The number of guanidine groups is 1. The Morgan fingerprint density at radius 2 is 2.14 bits per heavy atom. The molecule has 0 fully saturated rings. The average molecular weight is 437 g/mol. The third-order valence-electron chi connectivity index (χ3n) is 3.38. The van der Waals surface area contributed by atoms with E-state index in [-0.39, 0.29) is 6.61 Å². The smallest absolute Gasteiger partial charge is 0.191 e. The van der Waals surface area contributed by atoms with Crippen molar-refractivity contribution in [3.05, 3.63) is 19.9 Å². The normalized spacial score (nSPS) is 13.2. The van der Waals surface area contributed by atoms with E-state index in [9.17, 15) is 0 Å². The Morgan fingerprint density at radius 1 is 1.32 bits per heavy atom. The summed E-state index contributed by atoms with van der Waals surface area (Å²) in [6.07, 6.45) is 4.12. The van der Waals surface area contributed by atoms with Crippen LogP contribution in [0.25, 0.3) is 0 Å². The number of nitrogens with one attached hydrogen (secondary N) is 2. The van der Waals surface area contributed by atoms with Gasteiger partial charge in [0.05, 0.1) is 2.88 Å². The summed E-state index contributed by atoms with van der Waals surface area (Å²) >= 11 is 4.20. The molecule has 0 radical (unpaired) electrons. The maximum atomic E-state index is 9.12. The Bertz CT molecular complexity index is 431. The Kier molecular flexibility index (Phi) is 10.9. The number of aliphatic hydroxyl groups is 1. The molecule has 1 heterocycles. The molecule has 1 atom stereocenters. The predicted octanol–water partition coefficient (Wildman–Crippen LogP) is 3.25. The summed E-state index contributed by atoms with van der Waals surface area (Å²) in [5.41, 5.74) is 0. The fraction of sp³-hybridized carbons (Fsp3) is 0.688. The van der Waals surface area contributed by atoms with Crippen molar-refractivity contribution in [2.75, 3.05) is 26.2 Å². The van der Waals surface area contributed by atoms with E-state index in [2.05, 4.69) is 64.2 Å². The van der Waals surface area contributed by atoms with Crippen LogP contribution in [0.2, 0.25) is 0 Å². The van der Waals surface area contributed by atoms with Crippen LogP contribution in [-0.4, -0.2) is 37.3 Å². The molecule has 1 aromatic rings. The second kappa shape index (κ2) is 12.1. The van der Waals surface area contributed by atoms with Gasteiger partial charge in [-0.3, -0.25) is 4.99 Å². The molecular formula is C16H28IN3OS. The molecule has 0 saturated heterocycles. The van der Waals surface area contributed by atoms with Gasteiger partial charge in [0.2, 0.25) is 0 Å². The predicted molar refractivity (Wildman–Crippen MR) is 105 cm³/mol. The van der Waals surface area contributed by atoms with Crippen LogP contribution in [0.4, 0.5) is 0 Å². The Hall–Kier alpha value is -0.340. The Morgan fingerprint density at radius 3 is 2.73 bits per heavy atom. The van der Waals surface area contributed by atoms with Crippen LogP contribution in [0.15, 0.2) is 17.1 Å². The zero-order valence-electron chi connectivity index (χ0n) is 13.6. The van der Waals surface area contributed by atoms with Gasteiger partial charge in [-0.05, 0) is 66.8 Å². The molecular weight excluding hydrogens is 409 g/mol. The van der Waals surface area contributed by atoms with Crippen molar-refractivity contribution in [3.8, 4) is 0 Å². The highest BCUT2D eigenvalue weighted by atomic mass is 127. The third kappa shape index (κ3) is 8.33. The van der Waals surface area contributed by atoms with Crippen LogP contribution >= 0.6 is 33.9 Å². The summed E-state index contributed by atoms with van der Waals surface area (Å²) in [6, 6.07) is 4.35. The number of nitrogens with zero attached hydrogens (tertiary/aromatic N) is 1. The number of aliphatic imine (C=N–C) groups is 1. The van der Waals surface area contributed by atoms with E-state index in [1.54, 1.807) is 0 Å². The second-order valence-electron chi connectivity index (χ2n) is 5.27. The molecule has 0 aliphatic carbocycles.